The molecule has 0 aromatic heterocycles. The fraction of sp³-hybridized carbons (Fsp3) is 0.400. The van der Waals surface area contributed by atoms with Crippen molar-refractivity contribution in [2.45, 2.75) is 38.6 Å². The van der Waals surface area contributed by atoms with Gasteiger partial charge in [0.25, 0.3) is 0 Å². The number of halogens is 2. The molecule has 3 N–H and O–H groups in total. The molecule has 0 bridgehead atoms. The van der Waals surface area contributed by atoms with Crippen LogP contribution in [0.1, 0.15) is 32.6 Å². The van der Waals surface area contributed by atoms with Gasteiger partial charge in [-0.05, 0) is 24.6 Å². The van der Waals surface area contributed by atoms with Gasteiger partial charge in [0, 0.05) is 10.9 Å². The van der Waals surface area contributed by atoms with Crippen LogP contribution >= 0.6 is 15.9 Å². The number of carbonyl (C=O) groups is 3. The molecule has 126 valence electrons. The third kappa shape index (κ3) is 6.77. The van der Waals surface area contributed by atoms with E-state index in [2.05, 4.69) is 26.6 Å². The molecule has 1 aromatic rings. The first-order chi connectivity index (χ1) is 10.8. The second-order valence-electron chi connectivity index (χ2n) is 4.92. The number of aliphatic carboxylic acids is 1. The summed E-state index contributed by atoms with van der Waals surface area (Å²) in [6.07, 6.45) is 0.571. The summed E-state index contributed by atoms with van der Waals surface area (Å²) < 4.78 is 14.2. The van der Waals surface area contributed by atoms with Crippen molar-refractivity contribution in [2.24, 2.45) is 0 Å². The zero-order valence-corrected chi connectivity index (χ0v) is 14.2. The topological polar surface area (TPSA) is 95.5 Å². The average Bonchev–Trinajstić information content (AvgIpc) is 2.47. The maximum Gasteiger partial charge on any atom is 0.319 e. The van der Waals surface area contributed by atoms with Gasteiger partial charge in [-0.15, -0.1) is 0 Å². The van der Waals surface area contributed by atoms with Crippen molar-refractivity contribution in [2.75, 3.05) is 5.32 Å². The lowest BCUT2D eigenvalue weighted by atomic mass is 10.0. The predicted molar refractivity (Wildman–Crippen MR) is 86.8 cm³/mol. The minimum Gasteiger partial charge on any atom is -0.481 e. The molecule has 0 unspecified atom stereocenters. The first-order valence-corrected chi connectivity index (χ1v) is 7.89. The molecule has 6 nitrogen and oxygen atoms in total. The Bertz CT molecular complexity index is 595. The van der Waals surface area contributed by atoms with Crippen LogP contribution in [0, 0.1) is 5.82 Å². The highest BCUT2D eigenvalue weighted by Gasteiger charge is 2.20. The van der Waals surface area contributed by atoms with E-state index in [1.54, 1.807) is 6.07 Å². The Hall–Kier alpha value is -1.96. The number of nitrogens with one attached hydrogen (secondary N) is 2. The Morgan fingerprint density at radius 1 is 1.30 bits per heavy atom. The molecule has 23 heavy (non-hydrogen) atoms. The van der Waals surface area contributed by atoms with Crippen molar-refractivity contribution in [3.8, 4) is 0 Å². The molecule has 0 aliphatic heterocycles. The van der Waals surface area contributed by atoms with E-state index in [9.17, 15) is 18.8 Å². The normalized spacial score (nSPS) is 11.6. The summed E-state index contributed by atoms with van der Waals surface area (Å²) in [4.78, 5) is 34.4. The number of amides is 2. The molecule has 0 spiro atoms. The highest BCUT2D eigenvalue weighted by atomic mass is 79.9. The largest absolute Gasteiger partial charge is 0.481 e. The lowest BCUT2D eigenvalue weighted by Gasteiger charge is -2.17. The van der Waals surface area contributed by atoms with Crippen LogP contribution in [-0.4, -0.2) is 28.9 Å². The number of carbonyl (C=O) groups excluding carboxylic acids is 2. The first-order valence-electron chi connectivity index (χ1n) is 7.10. The fourth-order valence-corrected chi connectivity index (χ4v) is 2.25. The Morgan fingerprint density at radius 3 is 2.57 bits per heavy atom. The summed E-state index contributed by atoms with van der Waals surface area (Å²) in [7, 11) is 0. The van der Waals surface area contributed by atoms with Gasteiger partial charge in [-0.25, -0.2) is 9.18 Å². The van der Waals surface area contributed by atoms with Gasteiger partial charge in [0.2, 0.25) is 0 Å². The fourth-order valence-electron chi connectivity index (χ4n) is 1.91. The van der Waals surface area contributed by atoms with Crippen molar-refractivity contribution in [3.05, 3.63) is 28.5 Å². The predicted octanol–water partition coefficient (Wildman–Crippen LogP) is 3.31. The van der Waals surface area contributed by atoms with E-state index in [0.717, 1.165) is 0 Å². The van der Waals surface area contributed by atoms with Crippen LogP contribution in [-0.2, 0) is 9.59 Å². The van der Waals surface area contributed by atoms with Crippen LogP contribution in [0.5, 0.6) is 0 Å². The molecule has 1 atom stereocenters. The van der Waals surface area contributed by atoms with Crippen LogP contribution in [0.3, 0.4) is 0 Å². The molecule has 0 saturated carbocycles. The van der Waals surface area contributed by atoms with Crippen molar-refractivity contribution < 1.29 is 23.9 Å². The van der Waals surface area contributed by atoms with Crippen molar-refractivity contribution in [1.82, 2.24) is 5.32 Å². The SMILES string of the molecule is CCC[C@H](NC(=O)Nc1ccc(Br)cc1F)C(=O)CCC(=O)O. The van der Waals surface area contributed by atoms with Gasteiger partial charge >= 0.3 is 12.0 Å². The number of benzene rings is 1. The monoisotopic (exact) mass is 388 g/mol. The Balaban J connectivity index is 2.66. The van der Waals surface area contributed by atoms with Gasteiger partial charge in [-0.3, -0.25) is 9.59 Å². The average molecular weight is 389 g/mol. The number of ketones is 1. The maximum absolute atomic E-state index is 13.7. The molecule has 8 heteroatoms. The highest BCUT2D eigenvalue weighted by Crippen LogP contribution is 2.19. The van der Waals surface area contributed by atoms with E-state index in [-0.39, 0.29) is 24.3 Å². The van der Waals surface area contributed by atoms with Gasteiger partial charge in [-0.2, -0.15) is 0 Å². The van der Waals surface area contributed by atoms with E-state index < -0.39 is 23.9 Å². The summed E-state index contributed by atoms with van der Waals surface area (Å²) >= 11 is 3.11. The molecule has 0 aliphatic rings. The number of hydrogen-bond donors (Lipinski definition) is 3. The van der Waals surface area contributed by atoms with Gasteiger partial charge in [-0.1, -0.05) is 29.3 Å². The highest BCUT2D eigenvalue weighted by molar-refractivity contribution is 9.10. The van der Waals surface area contributed by atoms with Gasteiger partial charge in [0.15, 0.2) is 5.78 Å². The summed E-state index contributed by atoms with van der Waals surface area (Å²) in [6, 6.07) is 2.66. The third-order valence-corrected chi connectivity index (χ3v) is 3.53. The minimum absolute atomic E-state index is 0.0149. The molecule has 0 fully saturated rings. The number of carboxylic acid groups (broad SMARTS) is 1. The van der Waals surface area contributed by atoms with Crippen LogP contribution in [0.25, 0.3) is 0 Å². The Kier molecular flexibility index (Phi) is 7.67. The number of anilines is 1. The smallest absolute Gasteiger partial charge is 0.319 e. The van der Waals surface area contributed by atoms with Crippen molar-refractivity contribution in [3.63, 3.8) is 0 Å². The maximum atomic E-state index is 13.7. The van der Waals surface area contributed by atoms with Gasteiger partial charge in [0.1, 0.15) is 5.82 Å². The zero-order chi connectivity index (χ0) is 17.4. The Morgan fingerprint density at radius 2 is 2.00 bits per heavy atom. The quantitative estimate of drug-likeness (QED) is 0.636. The molecule has 0 heterocycles. The third-order valence-electron chi connectivity index (χ3n) is 3.04. The molecular weight excluding hydrogens is 371 g/mol. The number of Topliss-reactive ketones (excluding diaryl/α,β-unsaturated/α-hetero) is 1. The van der Waals surface area contributed by atoms with E-state index in [0.29, 0.717) is 17.3 Å². The second kappa shape index (κ2) is 9.24. The van der Waals surface area contributed by atoms with E-state index in [4.69, 9.17) is 5.11 Å². The van der Waals surface area contributed by atoms with E-state index in [1.807, 2.05) is 6.92 Å². The lowest BCUT2D eigenvalue weighted by Crippen LogP contribution is -2.43. The zero-order valence-electron chi connectivity index (χ0n) is 12.6. The second-order valence-corrected chi connectivity index (χ2v) is 5.84. The number of rotatable bonds is 8. The molecular formula is C15H18BrFN2O4. The molecule has 1 rings (SSSR count). The standard InChI is InChI=1S/C15H18BrFN2O4/c1-2-3-12(13(20)6-7-14(21)22)19-15(23)18-11-5-4-9(16)8-10(11)17/h4-5,8,12H,2-3,6-7H2,1H3,(H,21,22)(H2,18,19,23)/t12-/m0/s1. The van der Waals surface area contributed by atoms with Crippen LogP contribution in [0.2, 0.25) is 0 Å². The summed E-state index contributed by atoms with van der Waals surface area (Å²) in [5.74, 6) is -2.05. The molecule has 0 aliphatic carbocycles. The van der Waals surface area contributed by atoms with Crippen molar-refractivity contribution >= 4 is 39.4 Å². The van der Waals surface area contributed by atoms with Gasteiger partial charge in [0.05, 0.1) is 18.2 Å². The number of hydrogen-bond acceptors (Lipinski definition) is 3. The van der Waals surface area contributed by atoms with Gasteiger partial charge < -0.3 is 15.7 Å². The molecule has 0 saturated heterocycles. The lowest BCUT2D eigenvalue weighted by molar-refractivity contribution is -0.138. The molecule has 1 aromatic carbocycles. The molecule has 2 amide bonds. The Labute approximate surface area is 141 Å². The minimum atomic E-state index is -1.07. The van der Waals surface area contributed by atoms with Crippen LogP contribution in [0.4, 0.5) is 14.9 Å². The number of urea groups is 1. The van der Waals surface area contributed by atoms with E-state index >= 15 is 0 Å². The van der Waals surface area contributed by atoms with Crippen molar-refractivity contribution in [1.29, 1.82) is 0 Å². The van der Waals surface area contributed by atoms with Crippen LogP contribution < -0.4 is 10.6 Å². The van der Waals surface area contributed by atoms with Crippen LogP contribution in [0.15, 0.2) is 22.7 Å². The summed E-state index contributed by atoms with van der Waals surface area (Å²) in [5, 5.41) is 13.4. The molecule has 0 radical (unpaired) electrons. The summed E-state index contributed by atoms with van der Waals surface area (Å²) in [5.41, 5.74) is -0.0149. The number of carboxylic acids is 1. The first kappa shape index (κ1) is 19.1. The summed E-state index contributed by atoms with van der Waals surface area (Å²) in [6.45, 7) is 1.84. The van der Waals surface area contributed by atoms with E-state index in [1.165, 1.54) is 12.1 Å².